The number of rotatable bonds is 7. The van der Waals surface area contributed by atoms with Gasteiger partial charge in [-0.25, -0.2) is 0 Å². The van der Waals surface area contributed by atoms with Crippen LogP contribution in [0.25, 0.3) is 0 Å². The number of hydrogen-bond acceptors (Lipinski definition) is 2. The van der Waals surface area contributed by atoms with Crippen LogP contribution in [0.3, 0.4) is 0 Å². The van der Waals surface area contributed by atoms with E-state index in [4.69, 9.17) is 4.74 Å². The number of unbranched alkanes of at least 4 members (excludes halogenated alkanes) is 1. The fraction of sp³-hybridized carbons (Fsp3) is 0.471. The van der Waals surface area contributed by atoms with Gasteiger partial charge in [0.1, 0.15) is 5.75 Å². The van der Waals surface area contributed by atoms with Crippen LogP contribution < -0.4 is 10.1 Å². The molecule has 1 aromatic rings. The van der Waals surface area contributed by atoms with Gasteiger partial charge in [-0.3, -0.25) is 4.79 Å². The van der Waals surface area contributed by atoms with Crippen molar-refractivity contribution in [3.8, 4) is 5.75 Å². The van der Waals surface area contributed by atoms with Gasteiger partial charge in [-0.05, 0) is 42.0 Å². The summed E-state index contributed by atoms with van der Waals surface area (Å²) in [5.74, 6) is 0.775. The summed E-state index contributed by atoms with van der Waals surface area (Å²) in [7, 11) is 0. The second-order valence-electron chi connectivity index (χ2n) is 5.83. The molecule has 0 heterocycles. The van der Waals surface area contributed by atoms with Crippen molar-refractivity contribution in [2.24, 2.45) is 0 Å². The molecule has 0 aliphatic heterocycles. The van der Waals surface area contributed by atoms with Crippen molar-refractivity contribution in [1.29, 1.82) is 0 Å². The van der Waals surface area contributed by atoms with E-state index in [1.54, 1.807) is 0 Å². The zero-order valence-electron chi connectivity index (χ0n) is 12.7. The number of carbonyl (C=O) groups excluding carboxylic acids is 1. The van der Waals surface area contributed by atoms with E-state index in [0.29, 0.717) is 13.2 Å². The summed E-state index contributed by atoms with van der Waals surface area (Å²) in [6.45, 7) is 11.3. The number of nitrogens with one attached hydrogen (secondary N) is 1. The minimum atomic E-state index is -0.122. The second kappa shape index (κ2) is 7.73. The smallest absolute Gasteiger partial charge is 0.243 e. The Balaban J connectivity index is 2.22. The van der Waals surface area contributed by atoms with Gasteiger partial charge < -0.3 is 10.1 Å². The summed E-state index contributed by atoms with van der Waals surface area (Å²) < 4.78 is 5.67. The third-order valence-electron chi connectivity index (χ3n) is 3.04. The molecule has 1 N–H and O–H groups in total. The quantitative estimate of drug-likeness (QED) is 0.611. The van der Waals surface area contributed by atoms with Crippen LogP contribution in [-0.2, 0) is 10.2 Å². The first-order valence-electron chi connectivity index (χ1n) is 7.07. The van der Waals surface area contributed by atoms with Gasteiger partial charge in [0.15, 0.2) is 0 Å². The maximum Gasteiger partial charge on any atom is 0.243 e. The van der Waals surface area contributed by atoms with Crippen molar-refractivity contribution in [1.82, 2.24) is 5.32 Å². The molecule has 0 atom stereocenters. The highest BCUT2D eigenvalue weighted by Crippen LogP contribution is 2.24. The van der Waals surface area contributed by atoms with Gasteiger partial charge in [0.05, 0.1) is 6.61 Å². The Labute approximate surface area is 122 Å². The standard InChI is InChI=1S/C17H25NO2/c1-5-16(19)18-12-6-7-13-20-15-10-8-14(9-11-15)17(2,3)4/h5,8-11H,1,6-7,12-13H2,2-4H3,(H,18,19). The summed E-state index contributed by atoms with van der Waals surface area (Å²) in [6.07, 6.45) is 3.10. The first kappa shape index (κ1) is 16.3. The Morgan fingerprint density at radius 3 is 2.45 bits per heavy atom. The molecule has 1 amide bonds. The van der Waals surface area contributed by atoms with Crippen molar-refractivity contribution in [2.75, 3.05) is 13.2 Å². The van der Waals surface area contributed by atoms with E-state index < -0.39 is 0 Å². The third kappa shape index (κ3) is 5.91. The average Bonchev–Trinajstić information content (AvgIpc) is 2.41. The fourth-order valence-electron chi connectivity index (χ4n) is 1.75. The molecule has 3 heteroatoms. The van der Waals surface area contributed by atoms with Gasteiger partial charge in [0.25, 0.3) is 0 Å². The predicted molar refractivity (Wildman–Crippen MR) is 83.1 cm³/mol. The molecule has 0 fully saturated rings. The number of hydrogen-bond donors (Lipinski definition) is 1. The van der Waals surface area contributed by atoms with E-state index in [0.717, 1.165) is 18.6 Å². The maximum absolute atomic E-state index is 10.9. The summed E-state index contributed by atoms with van der Waals surface area (Å²) in [6, 6.07) is 8.25. The Morgan fingerprint density at radius 1 is 1.25 bits per heavy atom. The van der Waals surface area contributed by atoms with Gasteiger partial charge >= 0.3 is 0 Å². The van der Waals surface area contributed by atoms with Crippen LogP contribution in [0.5, 0.6) is 5.75 Å². The molecule has 0 aliphatic carbocycles. The van der Waals surface area contributed by atoms with E-state index in [1.807, 2.05) is 12.1 Å². The van der Waals surface area contributed by atoms with Crippen LogP contribution in [-0.4, -0.2) is 19.1 Å². The van der Waals surface area contributed by atoms with Gasteiger partial charge in [-0.1, -0.05) is 39.5 Å². The molecule has 0 aromatic heterocycles. The minimum absolute atomic E-state index is 0.122. The molecule has 1 rings (SSSR count). The van der Waals surface area contributed by atoms with Gasteiger partial charge in [0, 0.05) is 6.54 Å². The van der Waals surface area contributed by atoms with E-state index >= 15 is 0 Å². The topological polar surface area (TPSA) is 38.3 Å². The molecular weight excluding hydrogens is 250 g/mol. The van der Waals surface area contributed by atoms with Crippen LogP contribution in [0.4, 0.5) is 0 Å². The zero-order chi connectivity index (χ0) is 15.0. The van der Waals surface area contributed by atoms with Crippen LogP contribution in [0.15, 0.2) is 36.9 Å². The average molecular weight is 275 g/mol. The zero-order valence-corrected chi connectivity index (χ0v) is 12.7. The highest BCUT2D eigenvalue weighted by Gasteiger charge is 2.12. The lowest BCUT2D eigenvalue weighted by Gasteiger charge is -2.19. The SMILES string of the molecule is C=CC(=O)NCCCCOc1ccc(C(C)(C)C)cc1. The van der Waals surface area contributed by atoms with Crippen LogP contribution >= 0.6 is 0 Å². The Kier molecular flexibility index (Phi) is 6.29. The molecule has 0 saturated heterocycles. The molecule has 1 aromatic carbocycles. The Hall–Kier alpha value is -1.77. The number of amides is 1. The van der Waals surface area contributed by atoms with Gasteiger partial charge in [-0.2, -0.15) is 0 Å². The number of carbonyl (C=O) groups is 1. The number of ether oxygens (including phenoxy) is 1. The van der Waals surface area contributed by atoms with Gasteiger partial charge in [-0.15, -0.1) is 0 Å². The highest BCUT2D eigenvalue weighted by atomic mass is 16.5. The molecule has 3 nitrogen and oxygen atoms in total. The molecule has 0 saturated carbocycles. The fourth-order valence-corrected chi connectivity index (χ4v) is 1.75. The lowest BCUT2D eigenvalue weighted by atomic mass is 9.87. The normalized spacial score (nSPS) is 10.9. The molecule has 20 heavy (non-hydrogen) atoms. The predicted octanol–water partition coefficient (Wildman–Crippen LogP) is 3.45. The maximum atomic E-state index is 10.9. The van der Waals surface area contributed by atoms with Crippen molar-refractivity contribution in [2.45, 2.75) is 39.0 Å². The minimum Gasteiger partial charge on any atom is -0.494 e. The molecule has 0 unspecified atom stereocenters. The third-order valence-corrected chi connectivity index (χ3v) is 3.04. The lowest BCUT2D eigenvalue weighted by molar-refractivity contribution is -0.116. The molecule has 110 valence electrons. The summed E-state index contributed by atoms with van der Waals surface area (Å²) >= 11 is 0. The Morgan fingerprint density at radius 2 is 1.90 bits per heavy atom. The van der Waals surface area contributed by atoms with E-state index in [2.05, 4.69) is 44.8 Å². The van der Waals surface area contributed by atoms with E-state index in [1.165, 1.54) is 11.6 Å². The van der Waals surface area contributed by atoms with Crippen molar-refractivity contribution in [3.63, 3.8) is 0 Å². The molecule has 0 bridgehead atoms. The molecule has 0 aliphatic rings. The highest BCUT2D eigenvalue weighted by molar-refractivity contribution is 5.86. The first-order valence-corrected chi connectivity index (χ1v) is 7.07. The summed E-state index contributed by atoms with van der Waals surface area (Å²) in [5, 5.41) is 2.74. The monoisotopic (exact) mass is 275 g/mol. The van der Waals surface area contributed by atoms with Crippen molar-refractivity contribution in [3.05, 3.63) is 42.5 Å². The van der Waals surface area contributed by atoms with Crippen molar-refractivity contribution < 1.29 is 9.53 Å². The van der Waals surface area contributed by atoms with E-state index in [9.17, 15) is 4.79 Å². The largest absolute Gasteiger partial charge is 0.494 e. The lowest BCUT2D eigenvalue weighted by Crippen LogP contribution is -2.22. The summed E-state index contributed by atoms with van der Waals surface area (Å²) in [5.41, 5.74) is 1.47. The second-order valence-corrected chi connectivity index (χ2v) is 5.83. The summed E-state index contributed by atoms with van der Waals surface area (Å²) in [4.78, 5) is 10.9. The Bertz CT molecular complexity index is 429. The van der Waals surface area contributed by atoms with Crippen LogP contribution in [0.1, 0.15) is 39.2 Å². The van der Waals surface area contributed by atoms with E-state index in [-0.39, 0.29) is 11.3 Å². The first-order chi connectivity index (χ1) is 9.43. The molecule has 0 spiro atoms. The molecular formula is C17H25NO2. The van der Waals surface area contributed by atoms with Gasteiger partial charge in [0.2, 0.25) is 5.91 Å². The van der Waals surface area contributed by atoms with Crippen LogP contribution in [0, 0.1) is 0 Å². The molecule has 0 radical (unpaired) electrons. The van der Waals surface area contributed by atoms with Crippen molar-refractivity contribution >= 4 is 5.91 Å². The van der Waals surface area contributed by atoms with Crippen LogP contribution in [0.2, 0.25) is 0 Å². The number of benzene rings is 1.